The highest BCUT2D eigenvalue weighted by Gasteiger charge is 2.20. The van der Waals surface area contributed by atoms with Gasteiger partial charge >= 0.3 is 0 Å². The van der Waals surface area contributed by atoms with Crippen molar-refractivity contribution < 1.29 is 4.79 Å². The molecule has 25 heavy (non-hydrogen) atoms. The van der Waals surface area contributed by atoms with Crippen molar-refractivity contribution in [3.8, 4) is 11.1 Å². The van der Waals surface area contributed by atoms with Gasteiger partial charge in [0.15, 0.2) is 0 Å². The average Bonchev–Trinajstić information content (AvgIpc) is 2.58. The number of amides is 1. The quantitative estimate of drug-likeness (QED) is 0.756. The summed E-state index contributed by atoms with van der Waals surface area (Å²) in [5.41, 5.74) is 7.41. The van der Waals surface area contributed by atoms with Crippen LogP contribution in [0.1, 0.15) is 53.7 Å². The van der Waals surface area contributed by atoms with E-state index in [4.69, 9.17) is 0 Å². The molecule has 0 bridgehead atoms. The third-order valence-electron chi connectivity index (χ3n) is 4.81. The molecule has 0 saturated carbocycles. The van der Waals surface area contributed by atoms with E-state index in [2.05, 4.69) is 57.4 Å². The lowest BCUT2D eigenvalue weighted by molar-refractivity contribution is 0.0964. The van der Waals surface area contributed by atoms with Gasteiger partial charge < -0.3 is 10.6 Å². The van der Waals surface area contributed by atoms with Gasteiger partial charge in [0, 0.05) is 18.8 Å². The molecule has 0 atom stereocenters. The van der Waals surface area contributed by atoms with E-state index in [0.29, 0.717) is 6.04 Å². The van der Waals surface area contributed by atoms with Crippen molar-refractivity contribution in [1.29, 1.82) is 0 Å². The maximum Gasteiger partial charge on any atom is 0.253 e. The van der Waals surface area contributed by atoms with Crippen LogP contribution in [0.3, 0.4) is 0 Å². The number of nitrogens with one attached hydrogen (secondary N) is 2. The van der Waals surface area contributed by atoms with Crippen LogP contribution in [0.2, 0.25) is 0 Å². The summed E-state index contributed by atoms with van der Waals surface area (Å²) < 4.78 is 0. The van der Waals surface area contributed by atoms with Gasteiger partial charge in [-0.15, -0.1) is 0 Å². The fraction of sp³-hybridized carbons (Fsp3) is 0.409. The molecule has 2 aromatic rings. The third-order valence-corrected chi connectivity index (χ3v) is 4.81. The Morgan fingerprint density at radius 2 is 1.64 bits per heavy atom. The smallest absolute Gasteiger partial charge is 0.253 e. The van der Waals surface area contributed by atoms with Gasteiger partial charge in [0.1, 0.15) is 0 Å². The summed E-state index contributed by atoms with van der Waals surface area (Å²) in [6, 6.07) is 10.8. The topological polar surface area (TPSA) is 41.1 Å². The molecule has 2 aromatic carbocycles. The first-order chi connectivity index (χ1) is 11.9. The highest BCUT2D eigenvalue weighted by molar-refractivity contribution is 6.06. The first-order valence-corrected chi connectivity index (χ1v) is 9.12. The average molecular weight is 338 g/mol. The predicted octanol–water partition coefficient (Wildman–Crippen LogP) is 5.24. The number of hydrogen-bond donors (Lipinski definition) is 2. The van der Waals surface area contributed by atoms with Gasteiger partial charge in [-0.25, -0.2) is 0 Å². The molecule has 2 N–H and O–H groups in total. The standard InChI is InChI=1S/C22H30N2O/c1-7-17(8-2)24-19-11-9-10-18(21(19)22(25)23-6)20-15(4)12-14(3)13-16(20)5/h9-13,17,24H,7-8H2,1-6H3,(H,23,25). The fourth-order valence-corrected chi connectivity index (χ4v) is 3.57. The molecule has 0 radical (unpaired) electrons. The Bertz CT molecular complexity index is 738. The maximum absolute atomic E-state index is 12.7. The van der Waals surface area contributed by atoms with Gasteiger partial charge in [-0.3, -0.25) is 4.79 Å². The Balaban J connectivity index is 2.69. The summed E-state index contributed by atoms with van der Waals surface area (Å²) in [5.74, 6) is -0.0524. The number of carbonyl (C=O) groups is 1. The van der Waals surface area contributed by atoms with Gasteiger partial charge in [-0.05, 0) is 61.9 Å². The van der Waals surface area contributed by atoms with E-state index in [1.54, 1.807) is 7.05 Å². The minimum atomic E-state index is -0.0524. The molecule has 0 aromatic heterocycles. The van der Waals surface area contributed by atoms with Gasteiger partial charge in [0.05, 0.1) is 5.56 Å². The number of rotatable bonds is 6. The summed E-state index contributed by atoms with van der Waals surface area (Å²) in [7, 11) is 1.69. The molecule has 0 unspecified atom stereocenters. The lowest BCUT2D eigenvalue weighted by Crippen LogP contribution is -2.24. The van der Waals surface area contributed by atoms with E-state index < -0.39 is 0 Å². The summed E-state index contributed by atoms with van der Waals surface area (Å²) in [6.45, 7) is 10.7. The Morgan fingerprint density at radius 1 is 1.04 bits per heavy atom. The minimum Gasteiger partial charge on any atom is -0.382 e. The molecule has 2 rings (SSSR count). The van der Waals surface area contributed by atoms with Crippen molar-refractivity contribution in [2.75, 3.05) is 12.4 Å². The SMILES string of the molecule is CCC(CC)Nc1cccc(-c2c(C)cc(C)cc2C)c1C(=O)NC. The van der Waals surface area contributed by atoms with Crippen LogP contribution in [0, 0.1) is 20.8 Å². The minimum absolute atomic E-state index is 0.0524. The number of anilines is 1. The monoisotopic (exact) mass is 338 g/mol. The van der Waals surface area contributed by atoms with E-state index >= 15 is 0 Å². The van der Waals surface area contributed by atoms with Crippen LogP contribution in [0.4, 0.5) is 5.69 Å². The highest BCUT2D eigenvalue weighted by Crippen LogP contribution is 2.35. The largest absolute Gasteiger partial charge is 0.382 e. The normalized spacial score (nSPS) is 10.8. The maximum atomic E-state index is 12.7. The zero-order chi connectivity index (χ0) is 18.6. The fourth-order valence-electron chi connectivity index (χ4n) is 3.57. The Labute approximate surface area is 151 Å². The lowest BCUT2D eigenvalue weighted by atomic mass is 9.89. The summed E-state index contributed by atoms with van der Waals surface area (Å²) in [4.78, 5) is 12.7. The predicted molar refractivity (Wildman–Crippen MR) is 107 cm³/mol. The van der Waals surface area contributed by atoms with Gasteiger partial charge in [0.2, 0.25) is 0 Å². The number of aryl methyl sites for hydroxylation is 3. The van der Waals surface area contributed by atoms with Crippen molar-refractivity contribution in [2.24, 2.45) is 0 Å². The second kappa shape index (κ2) is 8.19. The van der Waals surface area contributed by atoms with E-state index in [-0.39, 0.29) is 5.91 Å². The summed E-state index contributed by atoms with van der Waals surface area (Å²) in [6.07, 6.45) is 2.05. The van der Waals surface area contributed by atoms with Crippen LogP contribution >= 0.6 is 0 Å². The van der Waals surface area contributed by atoms with Crippen LogP contribution in [0.15, 0.2) is 30.3 Å². The number of carbonyl (C=O) groups excluding carboxylic acids is 1. The van der Waals surface area contributed by atoms with Crippen molar-refractivity contribution in [3.63, 3.8) is 0 Å². The van der Waals surface area contributed by atoms with Gasteiger partial charge in [0.25, 0.3) is 5.91 Å². The van der Waals surface area contributed by atoms with E-state index in [9.17, 15) is 4.79 Å². The van der Waals surface area contributed by atoms with Crippen molar-refractivity contribution in [1.82, 2.24) is 5.32 Å². The highest BCUT2D eigenvalue weighted by atomic mass is 16.1. The van der Waals surface area contributed by atoms with Crippen molar-refractivity contribution >= 4 is 11.6 Å². The molecule has 0 saturated heterocycles. The molecule has 0 aliphatic heterocycles. The molecule has 3 heteroatoms. The number of hydrogen-bond acceptors (Lipinski definition) is 2. The Kier molecular flexibility index (Phi) is 6.24. The number of benzene rings is 2. The van der Waals surface area contributed by atoms with Crippen molar-refractivity contribution in [2.45, 2.75) is 53.5 Å². The van der Waals surface area contributed by atoms with Gasteiger partial charge in [-0.2, -0.15) is 0 Å². The molecule has 0 aliphatic carbocycles. The molecular formula is C22H30N2O. The molecule has 0 spiro atoms. The zero-order valence-corrected chi connectivity index (χ0v) is 16.3. The summed E-state index contributed by atoms with van der Waals surface area (Å²) >= 11 is 0. The molecular weight excluding hydrogens is 308 g/mol. The molecule has 134 valence electrons. The van der Waals surface area contributed by atoms with Crippen LogP contribution in [-0.2, 0) is 0 Å². The molecule has 0 aliphatic rings. The lowest BCUT2D eigenvalue weighted by Gasteiger charge is -2.22. The summed E-state index contributed by atoms with van der Waals surface area (Å²) in [5, 5.41) is 6.37. The third kappa shape index (κ3) is 4.04. The second-order valence-electron chi connectivity index (χ2n) is 6.74. The van der Waals surface area contributed by atoms with Crippen molar-refractivity contribution in [3.05, 3.63) is 52.6 Å². The zero-order valence-electron chi connectivity index (χ0n) is 16.3. The Hall–Kier alpha value is -2.29. The Morgan fingerprint density at radius 3 is 2.16 bits per heavy atom. The van der Waals surface area contributed by atoms with E-state index in [0.717, 1.165) is 35.2 Å². The molecule has 1 amide bonds. The first kappa shape index (κ1) is 19.0. The van der Waals surface area contributed by atoms with E-state index in [1.165, 1.54) is 16.7 Å². The second-order valence-corrected chi connectivity index (χ2v) is 6.74. The van der Waals surface area contributed by atoms with Gasteiger partial charge in [-0.1, -0.05) is 43.7 Å². The molecule has 0 heterocycles. The van der Waals surface area contributed by atoms with Crippen LogP contribution < -0.4 is 10.6 Å². The van der Waals surface area contributed by atoms with Crippen LogP contribution in [-0.4, -0.2) is 19.0 Å². The molecule has 3 nitrogen and oxygen atoms in total. The van der Waals surface area contributed by atoms with E-state index in [1.807, 2.05) is 18.2 Å². The van der Waals surface area contributed by atoms with Crippen LogP contribution in [0.25, 0.3) is 11.1 Å². The first-order valence-electron chi connectivity index (χ1n) is 9.12. The molecule has 0 fully saturated rings. The van der Waals surface area contributed by atoms with Crippen LogP contribution in [0.5, 0.6) is 0 Å².